The highest BCUT2D eigenvalue weighted by atomic mass is 16.2. The summed E-state index contributed by atoms with van der Waals surface area (Å²) in [5.74, 6) is 0.0502. The van der Waals surface area contributed by atoms with E-state index < -0.39 is 0 Å². The fourth-order valence-corrected chi connectivity index (χ4v) is 2.10. The predicted octanol–water partition coefficient (Wildman–Crippen LogP) is 1.91. The van der Waals surface area contributed by atoms with Crippen LogP contribution in [0.25, 0.3) is 0 Å². The van der Waals surface area contributed by atoms with E-state index in [-0.39, 0.29) is 11.8 Å². The number of rotatable bonds is 9. The number of nitrogens with one attached hydrogen (secondary N) is 1. The molecular weight excluding hydrogens is 278 g/mol. The van der Waals surface area contributed by atoms with Crippen molar-refractivity contribution in [2.45, 2.75) is 38.6 Å². The van der Waals surface area contributed by atoms with Crippen LogP contribution in [0.4, 0.5) is 0 Å². The lowest BCUT2D eigenvalue weighted by Gasteiger charge is -2.11. The SMILES string of the molecule is CN(C)C(=O)c1ccc(CNC(=O)CCCCCCN)cc1. The van der Waals surface area contributed by atoms with E-state index in [1.54, 1.807) is 31.1 Å². The molecule has 0 aliphatic carbocycles. The fourth-order valence-electron chi connectivity index (χ4n) is 2.10. The molecule has 0 aliphatic heterocycles. The van der Waals surface area contributed by atoms with Crippen molar-refractivity contribution in [2.75, 3.05) is 20.6 Å². The average molecular weight is 305 g/mol. The molecule has 0 heterocycles. The molecule has 0 saturated heterocycles. The van der Waals surface area contributed by atoms with Crippen LogP contribution in [-0.4, -0.2) is 37.4 Å². The number of benzene rings is 1. The lowest BCUT2D eigenvalue weighted by Crippen LogP contribution is -2.23. The summed E-state index contributed by atoms with van der Waals surface area (Å²) in [6.45, 7) is 1.22. The first-order chi connectivity index (χ1) is 10.5. The van der Waals surface area contributed by atoms with Crippen molar-refractivity contribution in [1.29, 1.82) is 0 Å². The summed E-state index contributed by atoms with van der Waals surface area (Å²) >= 11 is 0. The number of nitrogens with zero attached hydrogens (tertiary/aromatic N) is 1. The Morgan fingerprint density at radius 1 is 1.05 bits per heavy atom. The Morgan fingerprint density at radius 2 is 1.68 bits per heavy atom. The minimum absolute atomic E-state index is 0.0203. The van der Waals surface area contributed by atoms with Crippen LogP contribution in [0.1, 0.15) is 48.0 Å². The molecule has 0 unspecified atom stereocenters. The van der Waals surface area contributed by atoms with Crippen LogP contribution in [0.2, 0.25) is 0 Å². The summed E-state index contributed by atoms with van der Waals surface area (Å²) in [5, 5.41) is 2.90. The first-order valence-electron chi connectivity index (χ1n) is 7.82. The van der Waals surface area contributed by atoms with Gasteiger partial charge in [0.1, 0.15) is 0 Å². The van der Waals surface area contributed by atoms with E-state index in [9.17, 15) is 9.59 Å². The van der Waals surface area contributed by atoms with E-state index in [0.717, 1.165) is 37.8 Å². The van der Waals surface area contributed by atoms with Gasteiger partial charge < -0.3 is 16.0 Å². The Labute approximate surface area is 132 Å². The number of hydrogen-bond acceptors (Lipinski definition) is 3. The van der Waals surface area contributed by atoms with Crippen LogP contribution in [0, 0.1) is 0 Å². The van der Waals surface area contributed by atoms with Crippen LogP contribution in [0.3, 0.4) is 0 Å². The zero-order valence-electron chi connectivity index (χ0n) is 13.6. The Balaban J connectivity index is 2.29. The van der Waals surface area contributed by atoms with E-state index in [0.29, 0.717) is 18.5 Å². The van der Waals surface area contributed by atoms with Crippen molar-refractivity contribution in [1.82, 2.24) is 10.2 Å². The van der Waals surface area contributed by atoms with Crippen LogP contribution in [0.15, 0.2) is 24.3 Å². The average Bonchev–Trinajstić information content (AvgIpc) is 2.52. The normalized spacial score (nSPS) is 10.3. The molecule has 122 valence electrons. The number of nitrogens with two attached hydrogens (primary N) is 1. The van der Waals surface area contributed by atoms with E-state index in [1.165, 1.54) is 0 Å². The third kappa shape index (κ3) is 6.72. The summed E-state index contributed by atoms with van der Waals surface area (Å²) in [4.78, 5) is 25.0. The monoisotopic (exact) mass is 305 g/mol. The molecule has 5 heteroatoms. The van der Waals surface area contributed by atoms with Gasteiger partial charge in [-0.2, -0.15) is 0 Å². The Hall–Kier alpha value is -1.88. The zero-order valence-corrected chi connectivity index (χ0v) is 13.6. The number of hydrogen-bond donors (Lipinski definition) is 2. The van der Waals surface area contributed by atoms with Gasteiger partial charge in [-0.25, -0.2) is 0 Å². The molecule has 0 atom stereocenters. The predicted molar refractivity (Wildman–Crippen MR) is 88.4 cm³/mol. The van der Waals surface area contributed by atoms with Crippen LogP contribution in [-0.2, 0) is 11.3 Å². The molecule has 5 nitrogen and oxygen atoms in total. The lowest BCUT2D eigenvalue weighted by molar-refractivity contribution is -0.121. The Kier molecular flexibility index (Phi) is 8.22. The fraction of sp³-hybridized carbons (Fsp3) is 0.529. The molecule has 0 saturated carbocycles. The maximum absolute atomic E-state index is 11.8. The number of unbranched alkanes of at least 4 members (excludes halogenated alkanes) is 3. The number of carbonyl (C=O) groups is 2. The molecule has 0 fully saturated rings. The van der Waals surface area contributed by atoms with E-state index in [4.69, 9.17) is 5.73 Å². The highest BCUT2D eigenvalue weighted by Gasteiger charge is 2.07. The maximum atomic E-state index is 11.8. The summed E-state index contributed by atoms with van der Waals surface area (Å²) in [7, 11) is 3.45. The topological polar surface area (TPSA) is 75.4 Å². The third-order valence-electron chi connectivity index (χ3n) is 3.45. The lowest BCUT2D eigenvalue weighted by atomic mass is 10.1. The van der Waals surface area contributed by atoms with Gasteiger partial charge in [0.2, 0.25) is 5.91 Å². The second kappa shape index (κ2) is 9.95. The molecule has 0 radical (unpaired) electrons. The van der Waals surface area contributed by atoms with Gasteiger partial charge in [0, 0.05) is 32.6 Å². The van der Waals surface area contributed by atoms with Gasteiger partial charge in [-0.15, -0.1) is 0 Å². The summed E-state index contributed by atoms with van der Waals surface area (Å²) in [6, 6.07) is 7.32. The number of carbonyl (C=O) groups excluding carboxylic acids is 2. The maximum Gasteiger partial charge on any atom is 0.253 e. The molecular formula is C17H27N3O2. The highest BCUT2D eigenvalue weighted by Crippen LogP contribution is 2.07. The first-order valence-corrected chi connectivity index (χ1v) is 7.82. The van der Waals surface area contributed by atoms with Crippen LogP contribution < -0.4 is 11.1 Å². The van der Waals surface area contributed by atoms with Gasteiger partial charge >= 0.3 is 0 Å². The summed E-state index contributed by atoms with van der Waals surface area (Å²) < 4.78 is 0. The van der Waals surface area contributed by atoms with Crippen molar-refractivity contribution < 1.29 is 9.59 Å². The van der Waals surface area contributed by atoms with Crippen LogP contribution in [0.5, 0.6) is 0 Å². The molecule has 0 spiro atoms. The van der Waals surface area contributed by atoms with Crippen molar-refractivity contribution in [3.63, 3.8) is 0 Å². The smallest absolute Gasteiger partial charge is 0.253 e. The van der Waals surface area contributed by atoms with Gasteiger partial charge in [-0.3, -0.25) is 9.59 Å². The van der Waals surface area contributed by atoms with Gasteiger partial charge in [0.15, 0.2) is 0 Å². The quantitative estimate of drug-likeness (QED) is 0.684. The van der Waals surface area contributed by atoms with Gasteiger partial charge in [0.25, 0.3) is 5.91 Å². The van der Waals surface area contributed by atoms with E-state index >= 15 is 0 Å². The van der Waals surface area contributed by atoms with E-state index in [2.05, 4.69) is 5.32 Å². The molecule has 1 rings (SSSR count). The first kappa shape index (κ1) is 18.2. The van der Waals surface area contributed by atoms with Crippen LogP contribution >= 0.6 is 0 Å². The van der Waals surface area contributed by atoms with Crippen molar-refractivity contribution in [3.05, 3.63) is 35.4 Å². The van der Waals surface area contributed by atoms with Gasteiger partial charge in [-0.05, 0) is 37.1 Å². The Morgan fingerprint density at radius 3 is 2.27 bits per heavy atom. The molecule has 2 amide bonds. The molecule has 1 aromatic carbocycles. The molecule has 22 heavy (non-hydrogen) atoms. The second-order valence-electron chi connectivity index (χ2n) is 5.63. The Bertz CT molecular complexity index is 469. The summed E-state index contributed by atoms with van der Waals surface area (Å²) in [5.41, 5.74) is 7.07. The molecule has 0 aromatic heterocycles. The summed E-state index contributed by atoms with van der Waals surface area (Å²) in [6.07, 6.45) is 4.63. The number of amides is 2. The highest BCUT2D eigenvalue weighted by molar-refractivity contribution is 5.93. The van der Waals surface area contributed by atoms with Crippen molar-refractivity contribution in [3.8, 4) is 0 Å². The third-order valence-corrected chi connectivity index (χ3v) is 3.45. The molecule has 1 aromatic rings. The molecule has 0 aliphatic rings. The van der Waals surface area contributed by atoms with Crippen molar-refractivity contribution >= 4 is 11.8 Å². The van der Waals surface area contributed by atoms with E-state index in [1.807, 2.05) is 12.1 Å². The standard InChI is InChI=1S/C17H27N3O2/c1-20(2)17(22)15-10-8-14(9-11-15)13-19-16(21)7-5-3-4-6-12-18/h8-11H,3-7,12-13,18H2,1-2H3,(H,19,21). The molecule has 3 N–H and O–H groups in total. The molecule has 0 bridgehead atoms. The minimum Gasteiger partial charge on any atom is -0.352 e. The minimum atomic E-state index is -0.0203. The largest absolute Gasteiger partial charge is 0.352 e. The van der Waals surface area contributed by atoms with Gasteiger partial charge in [0.05, 0.1) is 0 Å². The second-order valence-corrected chi connectivity index (χ2v) is 5.63. The zero-order chi connectivity index (χ0) is 16.4. The van der Waals surface area contributed by atoms with Crippen molar-refractivity contribution in [2.24, 2.45) is 5.73 Å². The van der Waals surface area contributed by atoms with Gasteiger partial charge in [-0.1, -0.05) is 25.0 Å².